The molecule has 0 aliphatic heterocycles. The Hall–Kier alpha value is -0.120. The minimum atomic E-state index is 0.585. The monoisotopic (exact) mass is 298 g/mol. The van der Waals surface area contributed by atoms with Crippen LogP contribution in [0.4, 0.5) is 0 Å². The van der Waals surface area contributed by atoms with Gasteiger partial charge < -0.3 is 10.1 Å². The van der Waals surface area contributed by atoms with Crippen molar-refractivity contribution in [2.75, 3.05) is 26.8 Å². The van der Waals surface area contributed by atoms with Gasteiger partial charge in [-0.3, -0.25) is 4.90 Å². The molecule has 3 atom stereocenters. The smallest absolute Gasteiger partial charge is 0.0589 e. The number of hydrogen-bond donors (Lipinski definition) is 1. The molecule has 0 amide bonds. The standard InChI is InChI=1S/C18H38N2O/c1-7-10-19-17-9-8-16(14(2)3)13-18(17)20(15(4)5)11-12-21-6/h14-19H,7-13H2,1-6H3. The number of ether oxygens (including phenoxy) is 1. The Morgan fingerprint density at radius 2 is 1.90 bits per heavy atom. The van der Waals surface area contributed by atoms with E-state index in [9.17, 15) is 0 Å². The summed E-state index contributed by atoms with van der Waals surface area (Å²) in [6.45, 7) is 14.7. The topological polar surface area (TPSA) is 24.5 Å². The van der Waals surface area contributed by atoms with Crippen molar-refractivity contribution in [3.05, 3.63) is 0 Å². The highest BCUT2D eigenvalue weighted by Crippen LogP contribution is 2.33. The Morgan fingerprint density at radius 1 is 1.19 bits per heavy atom. The second-order valence-corrected chi connectivity index (χ2v) is 7.27. The predicted molar refractivity (Wildman–Crippen MR) is 91.8 cm³/mol. The van der Waals surface area contributed by atoms with Gasteiger partial charge >= 0.3 is 0 Å². The summed E-state index contributed by atoms with van der Waals surface area (Å²) >= 11 is 0. The van der Waals surface area contributed by atoms with Crippen molar-refractivity contribution in [2.45, 2.75) is 78.4 Å². The van der Waals surface area contributed by atoms with Crippen LogP contribution < -0.4 is 5.32 Å². The summed E-state index contributed by atoms with van der Waals surface area (Å²) in [5.41, 5.74) is 0. The van der Waals surface area contributed by atoms with E-state index in [1.165, 1.54) is 25.7 Å². The predicted octanol–water partition coefficient (Wildman–Crippen LogP) is 3.54. The van der Waals surface area contributed by atoms with E-state index in [0.717, 1.165) is 31.5 Å². The molecule has 1 fully saturated rings. The highest BCUT2D eigenvalue weighted by atomic mass is 16.5. The SMILES string of the molecule is CCCNC1CCC(C(C)C)CC1N(CCOC)C(C)C. The van der Waals surface area contributed by atoms with Crippen molar-refractivity contribution in [3.63, 3.8) is 0 Å². The molecule has 1 N–H and O–H groups in total. The van der Waals surface area contributed by atoms with Crippen LogP contribution in [0, 0.1) is 11.8 Å². The Labute approximate surface area is 132 Å². The van der Waals surface area contributed by atoms with Crippen LogP contribution in [0.5, 0.6) is 0 Å². The lowest BCUT2D eigenvalue weighted by molar-refractivity contribution is 0.0391. The van der Waals surface area contributed by atoms with E-state index in [-0.39, 0.29) is 0 Å². The van der Waals surface area contributed by atoms with Gasteiger partial charge in [0.2, 0.25) is 0 Å². The van der Waals surface area contributed by atoms with Gasteiger partial charge in [0.25, 0.3) is 0 Å². The molecule has 0 aromatic rings. The first-order chi connectivity index (χ1) is 10.0. The Bertz CT molecular complexity index is 268. The van der Waals surface area contributed by atoms with Gasteiger partial charge in [0.1, 0.15) is 0 Å². The zero-order chi connectivity index (χ0) is 15.8. The Morgan fingerprint density at radius 3 is 2.43 bits per heavy atom. The van der Waals surface area contributed by atoms with Crippen LogP contribution >= 0.6 is 0 Å². The molecule has 0 aromatic heterocycles. The van der Waals surface area contributed by atoms with Crippen molar-refractivity contribution in [2.24, 2.45) is 11.8 Å². The van der Waals surface area contributed by atoms with Gasteiger partial charge in [0, 0.05) is 31.8 Å². The van der Waals surface area contributed by atoms with Gasteiger partial charge in [-0.25, -0.2) is 0 Å². The van der Waals surface area contributed by atoms with Crippen LogP contribution in [0.15, 0.2) is 0 Å². The normalized spacial score (nSPS) is 27.0. The van der Waals surface area contributed by atoms with E-state index < -0.39 is 0 Å². The van der Waals surface area contributed by atoms with Crippen LogP contribution in [-0.2, 0) is 4.74 Å². The third kappa shape index (κ3) is 5.88. The molecule has 0 heterocycles. The van der Waals surface area contributed by atoms with Crippen LogP contribution in [-0.4, -0.2) is 49.8 Å². The molecule has 1 saturated carbocycles. The quantitative estimate of drug-likeness (QED) is 0.704. The van der Waals surface area contributed by atoms with Gasteiger partial charge in [-0.1, -0.05) is 20.8 Å². The number of nitrogens with zero attached hydrogens (tertiary/aromatic N) is 1. The molecular formula is C18H38N2O. The summed E-state index contributed by atoms with van der Waals surface area (Å²) < 4.78 is 5.34. The molecule has 1 aliphatic rings. The molecule has 0 saturated heterocycles. The van der Waals surface area contributed by atoms with E-state index in [2.05, 4.69) is 44.8 Å². The van der Waals surface area contributed by atoms with Crippen molar-refractivity contribution in [3.8, 4) is 0 Å². The van der Waals surface area contributed by atoms with Crippen LogP contribution in [0.25, 0.3) is 0 Å². The van der Waals surface area contributed by atoms with Gasteiger partial charge in [-0.05, 0) is 57.9 Å². The molecule has 0 spiro atoms. The molecule has 1 rings (SSSR count). The molecule has 0 radical (unpaired) electrons. The van der Waals surface area contributed by atoms with E-state index in [0.29, 0.717) is 18.1 Å². The highest BCUT2D eigenvalue weighted by Gasteiger charge is 2.35. The first kappa shape index (κ1) is 18.9. The first-order valence-corrected chi connectivity index (χ1v) is 8.99. The van der Waals surface area contributed by atoms with E-state index in [1.807, 2.05) is 7.11 Å². The van der Waals surface area contributed by atoms with Crippen LogP contribution in [0.3, 0.4) is 0 Å². The first-order valence-electron chi connectivity index (χ1n) is 8.99. The van der Waals surface area contributed by atoms with Crippen molar-refractivity contribution < 1.29 is 4.74 Å². The van der Waals surface area contributed by atoms with Crippen LogP contribution in [0.1, 0.15) is 60.3 Å². The van der Waals surface area contributed by atoms with Crippen molar-refractivity contribution >= 4 is 0 Å². The number of nitrogens with one attached hydrogen (secondary N) is 1. The van der Waals surface area contributed by atoms with Gasteiger partial charge in [-0.2, -0.15) is 0 Å². The number of methoxy groups -OCH3 is 1. The van der Waals surface area contributed by atoms with Crippen molar-refractivity contribution in [1.82, 2.24) is 10.2 Å². The summed E-state index contributed by atoms with van der Waals surface area (Å²) in [4.78, 5) is 2.67. The molecular weight excluding hydrogens is 260 g/mol. The fourth-order valence-electron chi connectivity index (χ4n) is 3.72. The zero-order valence-electron chi connectivity index (χ0n) is 15.2. The van der Waals surface area contributed by atoms with Gasteiger partial charge in [0.15, 0.2) is 0 Å². The Kier molecular flexibility index (Phi) is 8.84. The number of hydrogen-bond acceptors (Lipinski definition) is 3. The molecule has 21 heavy (non-hydrogen) atoms. The zero-order valence-corrected chi connectivity index (χ0v) is 15.2. The molecule has 1 aliphatic carbocycles. The summed E-state index contributed by atoms with van der Waals surface area (Å²) in [5, 5.41) is 3.81. The minimum absolute atomic E-state index is 0.585. The molecule has 126 valence electrons. The second-order valence-electron chi connectivity index (χ2n) is 7.27. The second kappa shape index (κ2) is 9.81. The van der Waals surface area contributed by atoms with Crippen LogP contribution in [0.2, 0.25) is 0 Å². The summed E-state index contributed by atoms with van der Waals surface area (Å²) in [6, 6.07) is 1.90. The third-order valence-electron chi connectivity index (χ3n) is 5.10. The lowest BCUT2D eigenvalue weighted by Gasteiger charge is -2.46. The lowest BCUT2D eigenvalue weighted by Crippen LogP contribution is -2.56. The Balaban J connectivity index is 2.78. The molecule has 3 nitrogen and oxygen atoms in total. The summed E-state index contributed by atoms with van der Waals surface area (Å²) in [7, 11) is 1.81. The molecule has 3 unspecified atom stereocenters. The lowest BCUT2D eigenvalue weighted by atomic mass is 9.76. The van der Waals surface area contributed by atoms with E-state index >= 15 is 0 Å². The van der Waals surface area contributed by atoms with Gasteiger partial charge in [-0.15, -0.1) is 0 Å². The molecule has 0 bridgehead atoms. The maximum atomic E-state index is 5.34. The minimum Gasteiger partial charge on any atom is -0.383 e. The maximum Gasteiger partial charge on any atom is 0.0589 e. The fourth-order valence-corrected chi connectivity index (χ4v) is 3.72. The highest BCUT2D eigenvalue weighted by molar-refractivity contribution is 4.93. The maximum absolute atomic E-state index is 5.34. The molecule has 0 aromatic carbocycles. The van der Waals surface area contributed by atoms with Gasteiger partial charge in [0.05, 0.1) is 6.61 Å². The summed E-state index contributed by atoms with van der Waals surface area (Å²) in [6.07, 6.45) is 5.26. The average Bonchev–Trinajstić information content (AvgIpc) is 2.45. The summed E-state index contributed by atoms with van der Waals surface area (Å²) in [5.74, 6) is 1.68. The third-order valence-corrected chi connectivity index (χ3v) is 5.10. The number of rotatable bonds is 9. The fraction of sp³-hybridized carbons (Fsp3) is 1.00. The van der Waals surface area contributed by atoms with E-state index in [4.69, 9.17) is 4.74 Å². The van der Waals surface area contributed by atoms with Crippen molar-refractivity contribution in [1.29, 1.82) is 0 Å². The largest absolute Gasteiger partial charge is 0.383 e. The average molecular weight is 299 g/mol. The van der Waals surface area contributed by atoms with E-state index in [1.54, 1.807) is 0 Å². The molecule has 3 heteroatoms.